The molecule has 0 radical (unpaired) electrons. The zero-order valence-corrected chi connectivity index (χ0v) is 16.3. The molecule has 0 aliphatic carbocycles. The molecule has 7 nitrogen and oxygen atoms in total. The summed E-state index contributed by atoms with van der Waals surface area (Å²) < 4.78 is 0. The van der Waals surface area contributed by atoms with E-state index in [0.29, 0.717) is 37.0 Å². The van der Waals surface area contributed by atoms with Gasteiger partial charge in [0, 0.05) is 37.7 Å². The Morgan fingerprint density at radius 2 is 2.00 bits per heavy atom. The number of likely N-dealkylation sites (tertiary alicyclic amines) is 1. The van der Waals surface area contributed by atoms with Crippen LogP contribution in [0.3, 0.4) is 0 Å². The Bertz CT molecular complexity index is 809. The summed E-state index contributed by atoms with van der Waals surface area (Å²) in [6.07, 6.45) is 2.99. The number of rotatable bonds is 4. The summed E-state index contributed by atoms with van der Waals surface area (Å²) in [6, 6.07) is 6.00. The van der Waals surface area contributed by atoms with Gasteiger partial charge in [-0.15, -0.1) is 0 Å². The lowest BCUT2D eigenvalue weighted by atomic mass is 9.93. The van der Waals surface area contributed by atoms with E-state index in [4.69, 9.17) is 5.73 Å². The van der Waals surface area contributed by atoms with Gasteiger partial charge in [-0.05, 0) is 55.8 Å². The fraction of sp³-hybridized carbons (Fsp3) is 0.571. The van der Waals surface area contributed by atoms with Gasteiger partial charge in [-0.3, -0.25) is 24.6 Å². The summed E-state index contributed by atoms with van der Waals surface area (Å²) in [7, 11) is 0. The molecule has 2 fully saturated rings. The monoisotopic (exact) mass is 384 g/mol. The van der Waals surface area contributed by atoms with E-state index in [0.717, 1.165) is 30.6 Å². The van der Waals surface area contributed by atoms with Gasteiger partial charge >= 0.3 is 0 Å². The van der Waals surface area contributed by atoms with E-state index in [-0.39, 0.29) is 24.1 Å². The Labute approximate surface area is 165 Å². The minimum atomic E-state index is -0.562. The van der Waals surface area contributed by atoms with Gasteiger partial charge in [0.25, 0.3) is 5.91 Å². The molecule has 1 aromatic rings. The van der Waals surface area contributed by atoms with Crippen molar-refractivity contribution in [2.24, 2.45) is 11.7 Å². The Morgan fingerprint density at radius 3 is 2.75 bits per heavy atom. The van der Waals surface area contributed by atoms with Crippen LogP contribution in [0.5, 0.6) is 0 Å². The first kappa shape index (κ1) is 19.1. The number of imide groups is 1. The molecule has 3 aliphatic heterocycles. The third kappa shape index (κ3) is 3.56. The number of carbonyl (C=O) groups is 3. The van der Waals surface area contributed by atoms with Crippen LogP contribution in [0.15, 0.2) is 18.2 Å². The van der Waals surface area contributed by atoms with Crippen molar-refractivity contribution in [3.05, 3.63) is 34.9 Å². The maximum Gasteiger partial charge on any atom is 0.255 e. The molecule has 3 amide bonds. The predicted molar refractivity (Wildman–Crippen MR) is 104 cm³/mol. The topological polar surface area (TPSA) is 95.7 Å². The summed E-state index contributed by atoms with van der Waals surface area (Å²) in [5.74, 6) is -0.208. The molecule has 150 valence electrons. The second-order valence-corrected chi connectivity index (χ2v) is 8.35. The average molecular weight is 384 g/mol. The van der Waals surface area contributed by atoms with Crippen LogP contribution in [0.2, 0.25) is 0 Å². The molecule has 0 spiro atoms. The molecule has 0 bridgehead atoms. The van der Waals surface area contributed by atoms with Gasteiger partial charge in [-0.1, -0.05) is 12.1 Å². The number of nitrogens with two attached hydrogens (primary N) is 1. The molecule has 3 heterocycles. The highest BCUT2D eigenvalue weighted by Gasteiger charge is 2.39. The normalized spacial score (nSPS) is 28.4. The quantitative estimate of drug-likeness (QED) is 0.756. The second kappa shape index (κ2) is 7.64. The standard InChI is InChI=1S/C21H28N4O3/c1-13-2-3-15(9-22)11-24(13)10-14-4-5-16-12-25(21(28)17(16)8-14)18-6-7-19(26)23-20(18)27/h4-5,8,13,15,18H,2-3,6-7,9-12,22H2,1H3,(H,23,26,27). The van der Waals surface area contributed by atoms with Gasteiger partial charge in [-0.2, -0.15) is 0 Å². The molecular formula is C21H28N4O3. The largest absolute Gasteiger partial charge is 0.330 e. The third-order valence-corrected chi connectivity index (χ3v) is 6.42. The van der Waals surface area contributed by atoms with Crippen LogP contribution in [-0.2, 0) is 22.7 Å². The van der Waals surface area contributed by atoms with Crippen molar-refractivity contribution in [2.45, 2.75) is 57.8 Å². The van der Waals surface area contributed by atoms with Gasteiger partial charge < -0.3 is 10.6 Å². The Morgan fingerprint density at radius 1 is 1.18 bits per heavy atom. The molecule has 2 saturated heterocycles. The van der Waals surface area contributed by atoms with Crippen molar-refractivity contribution in [3.8, 4) is 0 Å². The van der Waals surface area contributed by atoms with E-state index in [1.165, 1.54) is 6.42 Å². The summed E-state index contributed by atoms with van der Waals surface area (Å²) in [5.41, 5.74) is 8.62. The van der Waals surface area contributed by atoms with Crippen LogP contribution in [-0.4, -0.2) is 52.7 Å². The summed E-state index contributed by atoms with van der Waals surface area (Å²) >= 11 is 0. The van der Waals surface area contributed by atoms with Crippen molar-refractivity contribution in [2.75, 3.05) is 13.1 Å². The number of piperidine rings is 2. The highest BCUT2D eigenvalue weighted by Crippen LogP contribution is 2.29. The van der Waals surface area contributed by atoms with E-state index in [2.05, 4.69) is 23.2 Å². The molecule has 3 unspecified atom stereocenters. The number of carbonyl (C=O) groups excluding carboxylic acids is 3. The molecule has 1 aromatic carbocycles. The molecular weight excluding hydrogens is 356 g/mol. The van der Waals surface area contributed by atoms with Crippen molar-refractivity contribution < 1.29 is 14.4 Å². The highest BCUT2D eigenvalue weighted by atomic mass is 16.2. The smallest absolute Gasteiger partial charge is 0.255 e. The van der Waals surface area contributed by atoms with Crippen LogP contribution in [0, 0.1) is 5.92 Å². The Balaban J connectivity index is 1.48. The lowest BCUT2D eigenvalue weighted by molar-refractivity contribution is -0.136. The van der Waals surface area contributed by atoms with Crippen LogP contribution in [0.25, 0.3) is 0 Å². The van der Waals surface area contributed by atoms with Crippen molar-refractivity contribution in [1.82, 2.24) is 15.1 Å². The lowest BCUT2D eigenvalue weighted by Gasteiger charge is -2.37. The number of nitrogens with zero attached hydrogens (tertiary/aromatic N) is 2. The number of fused-ring (bicyclic) bond motifs is 1. The van der Waals surface area contributed by atoms with Gasteiger partial charge in [0.1, 0.15) is 6.04 Å². The fourth-order valence-electron chi connectivity index (χ4n) is 4.61. The van der Waals surface area contributed by atoms with E-state index >= 15 is 0 Å². The molecule has 4 rings (SSSR count). The van der Waals surface area contributed by atoms with Crippen molar-refractivity contribution in [1.29, 1.82) is 0 Å². The van der Waals surface area contributed by atoms with Gasteiger partial charge in [-0.25, -0.2) is 0 Å². The second-order valence-electron chi connectivity index (χ2n) is 8.35. The zero-order valence-electron chi connectivity index (χ0n) is 16.3. The average Bonchev–Trinajstić information content (AvgIpc) is 3.00. The minimum Gasteiger partial charge on any atom is -0.330 e. The third-order valence-electron chi connectivity index (χ3n) is 6.42. The first-order chi connectivity index (χ1) is 13.5. The van der Waals surface area contributed by atoms with Crippen LogP contribution >= 0.6 is 0 Å². The van der Waals surface area contributed by atoms with E-state index < -0.39 is 6.04 Å². The van der Waals surface area contributed by atoms with Gasteiger partial charge in [0.15, 0.2) is 0 Å². The summed E-state index contributed by atoms with van der Waals surface area (Å²) in [6.45, 7) is 5.18. The SMILES string of the molecule is CC1CCC(CN)CN1Cc1ccc2c(c1)C(=O)N(C1CCC(=O)NC1=O)C2. The molecule has 0 saturated carbocycles. The van der Waals surface area contributed by atoms with Crippen LogP contribution in [0.1, 0.15) is 54.1 Å². The molecule has 7 heteroatoms. The minimum absolute atomic E-state index is 0.113. The lowest BCUT2D eigenvalue weighted by Crippen LogP contribution is -2.52. The number of hydrogen-bond donors (Lipinski definition) is 2. The van der Waals surface area contributed by atoms with Crippen LogP contribution in [0.4, 0.5) is 0 Å². The Hall–Kier alpha value is -2.25. The number of hydrogen-bond acceptors (Lipinski definition) is 5. The number of amides is 3. The predicted octanol–water partition coefficient (Wildman–Crippen LogP) is 1.01. The molecule has 3 aliphatic rings. The fourth-order valence-corrected chi connectivity index (χ4v) is 4.61. The van der Waals surface area contributed by atoms with E-state index in [9.17, 15) is 14.4 Å². The number of benzene rings is 1. The first-order valence-corrected chi connectivity index (χ1v) is 10.2. The number of nitrogens with one attached hydrogen (secondary N) is 1. The van der Waals surface area contributed by atoms with Gasteiger partial charge in [0.2, 0.25) is 11.8 Å². The van der Waals surface area contributed by atoms with E-state index in [1.54, 1.807) is 4.90 Å². The molecule has 3 atom stereocenters. The van der Waals surface area contributed by atoms with Crippen LogP contribution < -0.4 is 11.1 Å². The van der Waals surface area contributed by atoms with E-state index in [1.807, 2.05) is 12.1 Å². The summed E-state index contributed by atoms with van der Waals surface area (Å²) in [4.78, 5) is 40.6. The summed E-state index contributed by atoms with van der Waals surface area (Å²) in [5, 5.41) is 2.34. The Kier molecular flexibility index (Phi) is 5.21. The maximum absolute atomic E-state index is 13.0. The zero-order chi connectivity index (χ0) is 19.8. The first-order valence-electron chi connectivity index (χ1n) is 10.2. The highest BCUT2D eigenvalue weighted by molar-refractivity contribution is 6.05. The molecule has 28 heavy (non-hydrogen) atoms. The molecule has 0 aromatic heterocycles. The van der Waals surface area contributed by atoms with Crippen molar-refractivity contribution >= 4 is 17.7 Å². The van der Waals surface area contributed by atoms with Gasteiger partial charge in [0.05, 0.1) is 0 Å². The maximum atomic E-state index is 13.0. The molecule has 3 N–H and O–H groups in total. The van der Waals surface area contributed by atoms with Crippen molar-refractivity contribution in [3.63, 3.8) is 0 Å².